The molecule has 0 atom stereocenters. The zero-order chi connectivity index (χ0) is 15.4. The lowest BCUT2D eigenvalue weighted by Crippen LogP contribution is -2.14. The molecule has 0 saturated carbocycles. The summed E-state index contributed by atoms with van der Waals surface area (Å²) in [6, 6.07) is 11.1. The maximum atomic E-state index is 12.4. The number of pyridine rings is 1. The van der Waals surface area contributed by atoms with Crippen molar-refractivity contribution in [2.75, 3.05) is 5.32 Å². The van der Waals surface area contributed by atoms with Gasteiger partial charge in [-0.2, -0.15) is 0 Å². The van der Waals surface area contributed by atoms with Crippen LogP contribution < -0.4 is 5.32 Å². The van der Waals surface area contributed by atoms with E-state index in [1.165, 1.54) is 0 Å². The van der Waals surface area contributed by atoms with Gasteiger partial charge in [0, 0.05) is 17.4 Å². The van der Waals surface area contributed by atoms with E-state index < -0.39 is 0 Å². The third-order valence-corrected chi connectivity index (χ3v) is 3.79. The number of carbonyl (C=O) groups excluding carboxylic acids is 1. The smallest absolute Gasteiger partial charge is 0.258 e. The molecule has 1 aromatic carbocycles. The van der Waals surface area contributed by atoms with Gasteiger partial charge in [0.25, 0.3) is 5.91 Å². The van der Waals surface area contributed by atoms with Gasteiger partial charge in [0.05, 0.1) is 5.56 Å². The minimum absolute atomic E-state index is 0.203. The molecule has 4 heteroatoms. The van der Waals surface area contributed by atoms with E-state index in [0.29, 0.717) is 5.56 Å². The second-order valence-corrected chi connectivity index (χ2v) is 5.34. The van der Waals surface area contributed by atoms with Gasteiger partial charge in [0.2, 0.25) is 0 Å². The lowest BCUT2D eigenvalue weighted by atomic mass is 9.98. The van der Waals surface area contributed by atoms with E-state index in [1.807, 2.05) is 24.3 Å². The van der Waals surface area contributed by atoms with Crippen molar-refractivity contribution in [3.63, 3.8) is 0 Å². The molecule has 22 heavy (non-hydrogen) atoms. The average Bonchev–Trinajstić information content (AvgIpc) is 2.56. The number of halogens is 1. The first-order valence-electron chi connectivity index (χ1n) is 7.13. The maximum Gasteiger partial charge on any atom is 0.258 e. The molecule has 0 spiro atoms. The zero-order valence-electron chi connectivity index (χ0n) is 11.9. The molecule has 3 rings (SSSR count). The molecule has 1 aliphatic carbocycles. The Morgan fingerprint density at radius 2 is 2.00 bits per heavy atom. The van der Waals surface area contributed by atoms with Gasteiger partial charge >= 0.3 is 0 Å². The highest BCUT2D eigenvalue weighted by Crippen LogP contribution is 2.28. The van der Waals surface area contributed by atoms with E-state index in [2.05, 4.69) is 28.5 Å². The van der Waals surface area contributed by atoms with E-state index in [1.54, 1.807) is 18.3 Å². The van der Waals surface area contributed by atoms with Crippen LogP contribution in [0.5, 0.6) is 0 Å². The molecule has 3 nitrogen and oxygen atoms in total. The highest BCUT2D eigenvalue weighted by atomic mass is 35.5. The van der Waals surface area contributed by atoms with Crippen molar-refractivity contribution in [2.45, 2.75) is 12.8 Å². The van der Waals surface area contributed by atoms with E-state index in [9.17, 15) is 4.79 Å². The number of rotatable bonds is 3. The largest absolute Gasteiger partial charge is 0.321 e. The van der Waals surface area contributed by atoms with Crippen LogP contribution >= 0.6 is 11.6 Å². The van der Waals surface area contributed by atoms with Crippen molar-refractivity contribution in [3.05, 3.63) is 77.1 Å². The SMILES string of the molecule is O=C(Nc1ccccc1C1=CCCC=C1)c1cccnc1Cl. The third kappa shape index (κ3) is 3.10. The molecule has 0 aliphatic heterocycles. The van der Waals surface area contributed by atoms with Crippen LogP contribution in [0.1, 0.15) is 28.8 Å². The minimum Gasteiger partial charge on any atom is -0.321 e. The Balaban J connectivity index is 1.90. The average molecular weight is 311 g/mol. The van der Waals surface area contributed by atoms with E-state index in [-0.39, 0.29) is 11.1 Å². The molecular weight excluding hydrogens is 296 g/mol. The highest BCUT2D eigenvalue weighted by molar-refractivity contribution is 6.33. The van der Waals surface area contributed by atoms with Crippen molar-refractivity contribution in [1.29, 1.82) is 0 Å². The Kier molecular flexibility index (Phi) is 4.35. The van der Waals surface area contributed by atoms with Crippen LogP contribution in [-0.2, 0) is 0 Å². The van der Waals surface area contributed by atoms with Gasteiger partial charge in [0.15, 0.2) is 0 Å². The summed E-state index contributed by atoms with van der Waals surface area (Å²) in [5, 5.41) is 3.13. The minimum atomic E-state index is -0.258. The Bertz CT molecular complexity index is 765. The number of allylic oxidation sites excluding steroid dienone is 4. The van der Waals surface area contributed by atoms with Gasteiger partial charge in [-0.25, -0.2) is 4.98 Å². The van der Waals surface area contributed by atoms with Crippen molar-refractivity contribution in [2.24, 2.45) is 0 Å². The van der Waals surface area contributed by atoms with Crippen molar-refractivity contribution >= 4 is 28.8 Å². The summed E-state index contributed by atoms with van der Waals surface area (Å²) in [5.74, 6) is -0.258. The van der Waals surface area contributed by atoms with E-state index in [4.69, 9.17) is 11.6 Å². The number of anilines is 1. The Morgan fingerprint density at radius 3 is 2.77 bits per heavy atom. The molecule has 0 fully saturated rings. The molecular formula is C18H15ClN2O. The van der Waals surface area contributed by atoms with Crippen LogP contribution in [0, 0.1) is 0 Å². The predicted octanol–water partition coefficient (Wildman–Crippen LogP) is 4.72. The summed E-state index contributed by atoms with van der Waals surface area (Å²) < 4.78 is 0. The number of benzene rings is 1. The zero-order valence-corrected chi connectivity index (χ0v) is 12.7. The van der Waals surface area contributed by atoms with Crippen LogP contribution in [0.25, 0.3) is 5.57 Å². The monoisotopic (exact) mass is 310 g/mol. The Labute approximate surface area is 134 Å². The number of carbonyl (C=O) groups is 1. The van der Waals surface area contributed by atoms with Gasteiger partial charge in [-0.3, -0.25) is 4.79 Å². The fourth-order valence-corrected chi connectivity index (χ4v) is 2.61. The van der Waals surface area contributed by atoms with E-state index in [0.717, 1.165) is 29.7 Å². The Hall–Kier alpha value is -2.39. The molecule has 0 bridgehead atoms. The summed E-state index contributed by atoms with van der Waals surface area (Å²) in [6.07, 6.45) is 10.1. The summed E-state index contributed by atoms with van der Waals surface area (Å²) in [7, 11) is 0. The predicted molar refractivity (Wildman–Crippen MR) is 90.0 cm³/mol. The standard InChI is InChI=1S/C18H15ClN2O/c19-17-15(10-6-12-20-17)18(22)21-16-11-5-4-9-14(16)13-7-2-1-3-8-13/h2,4-12H,1,3H2,(H,21,22). The first-order valence-corrected chi connectivity index (χ1v) is 7.51. The molecule has 1 amide bonds. The van der Waals surface area contributed by atoms with Crippen molar-refractivity contribution in [3.8, 4) is 0 Å². The number of nitrogens with zero attached hydrogens (tertiary/aromatic N) is 1. The summed E-state index contributed by atoms with van der Waals surface area (Å²) in [5.41, 5.74) is 3.27. The molecule has 0 saturated heterocycles. The summed E-state index contributed by atoms with van der Waals surface area (Å²) >= 11 is 5.98. The topological polar surface area (TPSA) is 42.0 Å². The van der Waals surface area contributed by atoms with Gasteiger partial charge in [-0.05, 0) is 36.6 Å². The number of amides is 1. The number of aromatic nitrogens is 1. The quantitative estimate of drug-likeness (QED) is 0.833. The molecule has 1 heterocycles. The van der Waals surface area contributed by atoms with Gasteiger partial charge in [0.1, 0.15) is 5.15 Å². The normalized spacial score (nSPS) is 13.6. The van der Waals surface area contributed by atoms with Crippen LogP contribution in [0.4, 0.5) is 5.69 Å². The summed E-state index contributed by atoms with van der Waals surface area (Å²) in [4.78, 5) is 16.3. The third-order valence-electron chi connectivity index (χ3n) is 3.48. The number of hydrogen-bond donors (Lipinski definition) is 1. The molecule has 1 N–H and O–H groups in total. The second kappa shape index (κ2) is 6.58. The lowest BCUT2D eigenvalue weighted by molar-refractivity contribution is 0.102. The van der Waals surface area contributed by atoms with Gasteiger partial charge in [-0.15, -0.1) is 0 Å². The maximum absolute atomic E-state index is 12.4. The molecule has 2 aromatic rings. The molecule has 0 unspecified atom stereocenters. The van der Waals surface area contributed by atoms with Crippen LogP contribution in [0.3, 0.4) is 0 Å². The van der Waals surface area contributed by atoms with E-state index >= 15 is 0 Å². The van der Waals surface area contributed by atoms with Gasteiger partial charge in [-0.1, -0.05) is 48.0 Å². The lowest BCUT2D eigenvalue weighted by Gasteiger charge is -2.14. The Morgan fingerprint density at radius 1 is 1.14 bits per heavy atom. The van der Waals surface area contributed by atoms with Crippen LogP contribution in [0.2, 0.25) is 5.15 Å². The highest BCUT2D eigenvalue weighted by Gasteiger charge is 2.14. The molecule has 1 aliphatic rings. The summed E-state index contributed by atoms with van der Waals surface area (Å²) in [6.45, 7) is 0. The number of hydrogen-bond acceptors (Lipinski definition) is 2. The fraction of sp³-hybridized carbons (Fsp3) is 0.111. The fourth-order valence-electron chi connectivity index (χ4n) is 2.40. The van der Waals surface area contributed by atoms with Crippen LogP contribution in [-0.4, -0.2) is 10.9 Å². The number of nitrogens with one attached hydrogen (secondary N) is 1. The molecule has 0 radical (unpaired) electrons. The first-order chi connectivity index (χ1) is 10.8. The number of para-hydroxylation sites is 1. The van der Waals surface area contributed by atoms with Crippen molar-refractivity contribution < 1.29 is 4.79 Å². The van der Waals surface area contributed by atoms with Crippen LogP contribution in [0.15, 0.2) is 60.8 Å². The molecule has 110 valence electrons. The first kappa shape index (κ1) is 14.5. The van der Waals surface area contributed by atoms with Gasteiger partial charge < -0.3 is 5.32 Å². The second-order valence-electron chi connectivity index (χ2n) is 4.98. The van der Waals surface area contributed by atoms with Crippen molar-refractivity contribution in [1.82, 2.24) is 4.98 Å². The molecule has 1 aromatic heterocycles.